The fourth-order valence-electron chi connectivity index (χ4n) is 5.55. The number of hydrogen-bond donors (Lipinski definition) is 3. The molecule has 0 spiro atoms. The monoisotopic (exact) mass is 468 g/mol. The van der Waals surface area contributed by atoms with E-state index in [9.17, 15) is 14.7 Å². The molecule has 0 saturated carbocycles. The first-order valence-corrected chi connectivity index (χ1v) is 11.6. The largest absolute Gasteiger partial charge is 0.497 e. The average Bonchev–Trinajstić information content (AvgIpc) is 3.42. The Balaban J connectivity index is 1.37. The molecule has 0 bridgehead atoms. The number of aliphatic carboxylic acids is 1. The number of aromatic amines is 1. The molecule has 0 saturated heterocycles. The van der Waals surface area contributed by atoms with Gasteiger partial charge in [0.2, 0.25) is 0 Å². The third-order valence-corrected chi connectivity index (χ3v) is 7.22. The van der Waals surface area contributed by atoms with E-state index in [0.29, 0.717) is 24.4 Å². The number of H-pyrrole nitrogens is 1. The number of carboxylic acids is 1. The van der Waals surface area contributed by atoms with E-state index in [1.165, 1.54) is 0 Å². The Morgan fingerprint density at radius 2 is 1.71 bits per heavy atom. The molecule has 3 aromatic carbocycles. The molecular formula is C28H24N2O5. The number of aromatic nitrogens is 1. The van der Waals surface area contributed by atoms with Gasteiger partial charge < -0.3 is 19.6 Å². The quantitative estimate of drug-likeness (QED) is 0.303. The van der Waals surface area contributed by atoms with Gasteiger partial charge in [-0.25, -0.2) is 9.59 Å². The Kier molecular flexibility index (Phi) is 4.89. The van der Waals surface area contributed by atoms with Gasteiger partial charge in [-0.2, -0.15) is 0 Å². The van der Waals surface area contributed by atoms with Crippen LogP contribution in [0.15, 0.2) is 66.7 Å². The molecule has 3 N–H and O–H groups in total. The molecule has 2 aliphatic rings. The SMILES string of the molecule is COc1ccc2[nH]c3c(c2c1)CCNC3(C(=O)O)C(=O)OCC1c2ccccc2-c2ccccc21. The van der Waals surface area contributed by atoms with Crippen molar-refractivity contribution < 1.29 is 24.2 Å². The van der Waals surface area contributed by atoms with Crippen molar-refractivity contribution in [1.82, 2.24) is 10.3 Å². The van der Waals surface area contributed by atoms with Gasteiger partial charge in [0, 0.05) is 23.4 Å². The van der Waals surface area contributed by atoms with Crippen molar-refractivity contribution in [3.05, 3.63) is 89.1 Å². The number of hydrogen-bond acceptors (Lipinski definition) is 5. The Morgan fingerprint density at radius 1 is 1.03 bits per heavy atom. The molecule has 4 aromatic rings. The molecule has 0 fully saturated rings. The minimum absolute atomic E-state index is 0.0486. The zero-order chi connectivity index (χ0) is 24.2. The summed E-state index contributed by atoms with van der Waals surface area (Å²) >= 11 is 0. The Bertz CT molecular complexity index is 1440. The maximum Gasteiger partial charge on any atom is 0.344 e. The normalized spacial score (nSPS) is 18.5. The van der Waals surface area contributed by atoms with Crippen molar-refractivity contribution in [2.75, 3.05) is 20.3 Å². The molecule has 1 unspecified atom stereocenters. The highest BCUT2D eigenvalue weighted by Gasteiger charge is 2.54. The van der Waals surface area contributed by atoms with Crippen molar-refractivity contribution in [2.24, 2.45) is 0 Å². The molecule has 176 valence electrons. The molecule has 7 nitrogen and oxygen atoms in total. The molecule has 6 rings (SSSR count). The highest BCUT2D eigenvalue weighted by Crippen LogP contribution is 2.45. The topological polar surface area (TPSA) is 101 Å². The number of benzene rings is 3. The van der Waals surface area contributed by atoms with Crippen LogP contribution < -0.4 is 10.1 Å². The van der Waals surface area contributed by atoms with Crippen LogP contribution >= 0.6 is 0 Å². The van der Waals surface area contributed by atoms with Crippen LogP contribution in [0.2, 0.25) is 0 Å². The van der Waals surface area contributed by atoms with Crippen LogP contribution in [0.1, 0.15) is 28.3 Å². The van der Waals surface area contributed by atoms with Crippen LogP contribution in [0.5, 0.6) is 5.75 Å². The first kappa shape index (κ1) is 21.4. The van der Waals surface area contributed by atoms with E-state index in [2.05, 4.69) is 22.4 Å². The van der Waals surface area contributed by atoms with Crippen molar-refractivity contribution in [3.8, 4) is 16.9 Å². The van der Waals surface area contributed by atoms with Gasteiger partial charge in [0.1, 0.15) is 12.4 Å². The second-order valence-corrected chi connectivity index (χ2v) is 8.95. The maximum absolute atomic E-state index is 13.6. The van der Waals surface area contributed by atoms with E-state index < -0.39 is 17.5 Å². The average molecular weight is 469 g/mol. The van der Waals surface area contributed by atoms with Crippen molar-refractivity contribution >= 4 is 22.8 Å². The molecule has 1 atom stereocenters. The van der Waals surface area contributed by atoms with E-state index in [0.717, 1.165) is 38.7 Å². The number of esters is 1. The van der Waals surface area contributed by atoms with Crippen molar-refractivity contribution in [2.45, 2.75) is 17.9 Å². The fourth-order valence-corrected chi connectivity index (χ4v) is 5.55. The van der Waals surface area contributed by atoms with E-state index in [1.54, 1.807) is 13.2 Å². The molecule has 1 aromatic heterocycles. The summed E-state index contributed by atoms with van der Waals surface area (Å²) in [4.78, 5) is 29.4. The molecular weight excluding hydrogens is 444 g/mol. The van der Waals surface area contributed by atoms with Crippen LogP contribution in [0.25, 0.3) is 22.0 Å². The summed E-state index contributed by atoms with van der Waals surface area (Å²) in [5, 5.41) is 14.1. The van der Waals surface area contributed by atoms with Gasteiger partial charge >= 0.3 is 11.9 Å². The highest BCUT2D eigenvalue weighted by molar-refractivity contribution is 6.07. The van der Waals surface area contributed by atoms with Gasteiger partial charge in [0.05, 0.1) is 12.8 Å². The molecule has 1 aliphatic heterocycles. The van der Waals surface area contributed by atoms with Gasteiger partial charge in [-0.3, -0.25) is 5.32 Å². The number of carbonyl (C=O) groups is 2. The van der Waals surface area contributed by atoms with E-state index in [1.807, 2.05) is 48.5 Å². The lowest BCUT2D eigenvalue weighted by molar-refractivity contribution is -0.164. The first-order valence-electron chi connectivity index (χ1n) is 11.6. The van der Waals surface area contributed by atoms with Crippen LogP contribution in [0.3, 0.4) is 0 Å². The predicted octanol–water partition coefficient (Wildman–Crippen LogP) is 3.96. The van der Waals surface area contributed by atoms with Gasteiger partial charge in [-0.1, -0.05) is 48.5 Å². The van der Waals surface area contributed by atoms with Crippen LogP contribution in [0, 0.1) is 0 Å². The second-order valence-electron chi connectivity index (χ2n) is 8.95. The smallest absolute Gasteiger partial charge is 0.344 e. The van der Waals surface area contributed by atoms with Gasteiger partial charge in [0.25, 0.3) is 5.54 Å². The number of ether oxygens (including phenoxy) is 2. The highest BCUT2D eigenvalue weighted by atomic mass is 16.5. The van der Waals surface area contributed by atoms with Crippen LogP contribution in [0.4, 0.5) is 0 Å². The number of carbonyl (C=O) groups excluding carboxylic acids is 1. The summed E-state index contributed by atoms with van der Waals surface area (Å²) in [5.41, 5.74) is 4.19. The summed E-state index contributed by atoms with van der Waals surface area (Å²) in [6, 6.07) is 21.6. The molecule has 7 heteroatoms. The number of nitrogens with one attached hydrogen (secondary N) is 2. The van der Waals surface area contributed by atoms with Crippen molar-refractivity contribution in [3.63, 3.8) is 0 Å². The number of carboxylic acid groups (broad SMARTS) is 1. The lowest BCUT2D eigenvalue weighted by Crippen LogP contribution is -2.59. The minimum atomic E-state index is -2.02. The summed E-state index contributed by atoms with van der Waals surface area (Å²) < 4.78 is 11.2. The predicted molar refractivity (Wildman–Crippen MR) is 131 cm³/mol. The summed E-state index contributed by atoms with van der Waals surface area (Å²) in [7, 11) is 1.58. The molecule has 35 heavy (non-hydrogen) atoms. The molecule has 0 radical (unpaired) electrons. The Labute approximate surface area is 201 Å². The van der Waals surface area contributed by atoms with E-state index in [-0.39, 0.29) is 12.5 Å². The van der Waals surface area contributed by atoms with Crippen molar-refractivity contribution in [1.29, 1.82) is 0 Å². The van der Waals surface area contributed by atoms with E-state index >= 15 is 0 Å². The number of rotatable bonds is 5. The Morgan fingerprint density at radius 3 is 2.37 bits per heavy atom. The Hall–Kier alpha value is -4.10. The lowest BCUT2D eigenvalue weighted by atomic mass is 9.86. The van der Waals surface area contributed by atoms with Crippen LogP contribution in [-0.2, 0) is 26.3 Å². The lowest BCUT2D eigenvalue weighted by Gasteiger charge is -2.32. The second kappa shape index (κ2) is 7.99. The molecule has 2 heterocycles. The summed E-state index contributed by atoms with van der Waals surface area (Å²) in [5.74, 6) is -1.62. The molecule has 1 aliphatic carbocycles. The third-order valence-electron chi connectivity index (χ3n) is 7.22. The van der Waals surface area contributed by atoms with E-state index in [4.69, 9.17) is 9.47 Å². The fraction of sp³-hybridized carbons (Fsp3) is 0.214. The first-order chi connectivity index (χ1) is 17.0. The number of fused-ring (bicyclic) bond motifs is 6. The van der Waals surface area contributed by atoms with Gasteiger partial charge in [-0.05, 0) is 52.4 Å². The zero-order valence-corrected chi connectivity index (χ0v) is 19.1. The van der Waals surface area contributed by atoms with Gasteiger partial charge in [0.15, 0.2) is 0 Å². The summed E-state index contributed by atoms with van der Waals surface area (Å²) in [6.45, 7) is 0.376. The minimum Gasteiger partial charge on any atom is -0.497 e. The zero-order valence-electron chi connectivity index (χ0n) is 19.1. The van der Waals surface area contributed by atoms with Gasteiger partial charge in [-0.15, -0.1) is 0 Å². The third kappa shape index (κ3) is 3.08. The maximum atomic E-state index is 13.6. The summed E-state index contributed by atoms with van der Waals surface area (Å²) in [6.07, 6.45) is 0.578. The standard InChI is InChI=1S/C28H24N2O5/c1-34-16-10-11-24-22(14-16)21-12-13-29-28(26(31)32,25(21)30-24)27(33)35-15-23-19-8-4-2-6-17(19)18-7-3-5-9-20(18)23/h2-11,14,23,29-30H,12-13,15H2,1H3,(H,31,32). The molecule has 0 amide bonds. The van der Waals surface area contributed by atoms with Crippen LogP contribution in [-0.4, -0.2) is 42.3 Å². The number of methoxy groups -OCH3 is 1.